The number of benzene rings is 1. The number of hydrogen-bond donors (Lipinski definition) is 16. The number of ether oxygens (including phenoxy) is 1. The molecule has 0 aromatic heterocycles. The van der Waals surface area contributed by atoms with Crippen LogP contribution in [-0.2, 0) is 68.7 Å². The van der Waals surface area contributed by atoms with Crippen LogP contribution in [0.15, 0.2) is 48.0 Å². The first-order valence-corrected chi connectivity index (χ1v) is 29.7. The van der Waals surface area contributed by atoms with Crippen LogP contribution in [0.4, 0.5) is 0 Å². The number of nitrogens with zero attached hydrogens (tertiary/aromatic N) is 1. The van der Waals surface area contributed by atoms with Gasteiger partial charge in [0.2, 0.25) is 65.0 Å². The van der Waals surface area contributed by atoms with Crippen molar-refractivity contribution in [2.24, 2.45) is 40.1 Å². The Morgan fingerprint density at radius 2 is 1.20 bits per heavy atom. The van der Waals surface area contributed by atoms with Gasteiger partial charge in [-0.25, -0.2) is 4.79 Å². The van der Waals surface area contributed by atoms with Crippen LogP contribution < -0.4 is 75.3 Å². The molecule has 0 bridgehead atoms. The average molecular weight is 1240 g/mol. The maximum Gasteiger partial charge on any atom is 0.329 e. The van der Waals surface area contributed by atoms with Crippen LogP contribution in [0.25, 0.3) is 0 Å². The summed E-state index contributed by atoms with van der Waals surface area (Å²) in [6.45, 7) is 16.1. The fourth-order valence-electron chi connectivity index (χ4n) is 9.36. The molecule has 0 unspecified atom stereocenters. The molecule has 18 N–H and O–H groups in total. The summed E-state index contributed by atoms with van der Waals surface area (Å²) in [6.07, 6.45) is 0.192. The molecule has 0 spiro atoms. The van der Waals surface area contributed by atoms with E-state index < -0.39 is 199 Å². The van der Waals surface area contributed by atoms with Crippen molar-refractivity contribution in [1.29, 1.82) is 0 Å². The highest BCUT2D eigenvalue weighted by Crippen LogP contribution is 2.17. The number of rotatable bonds is 32. The number of carbonyl (C=O) groups excluding carboxylic acids is 12. The Kier molecular flexibility index (Phi) is 30.4. The van der Waals surface area contributed by atoms with Gasteiger partial charge in [-0.3, -0.25) is 57.7 Å². The Morgan fingerprint density at radius 3 is 1.72 bits per heavy atom. The van der Waals surface area contributed by atoms with Gasteiger partial charge in [0.25, 0.3) is 0 Å². The number of hydrogen-bond acceptors (Lipinski definition) is 19. The number of amides is 11. The molecule has 3 rings (SSSR count). The summed E-state index contributed by atoms with van der Waals surface area (Å²) in [6, 6.07) is -7.13. The first-order chi connectivity index (χ1) is 41.6. The van der Waals surface area contributed by atoms with Crippen molar-refractivity contribution in [3.8, 4) is 0 Å². The molecule has 30 nitrogen and oxygen atoms in total. The minimum atomic E-state index is -1.84. The lowest BCUT2D eigenvalue weighted by molar-refractivity contribution is -0.157. The molecule has 1 aromatic rings. The minimum Gasteiger partial charge on any atom is -0.458 e. The third-order valence-corrected chi connectivity index (χ3v) is 15.8. The van der Waals surface area contributed by atoms with Gasteiger partial charge in [-0.1, -0.05) is 104 Å². The second-order valence-corrected chi connectivity index (χ2v) is 22.5. The Morgan fingerprint density at radius 1 is 0.682 bits per heavy atom. The lowest BCUT2D eigenvalue weighted by Gasteiger charge is -2.31. The van der Waals surface area contributed by atoms with E-state index >= 15 is 0 Å². The Bertz CT molecular complexity index is 2650. The van der Waals surface area contributed by atoms with E-state index in [1.807, 2.05) is 30.3 Å². The Balaban J connectivity index is 1.85. The summed E-state index contributed by atoms with van der Waals surface area (Å²) in [7, 11) is 1.59. The zero-order valence-corrected chi connectivity index (χ0v) is 51.9. The fourth-order valence-corrected chi connectivity index (χ4v) is 9.36. The van der Waals surface area contributed by atoms with E-state index in [1.54, 1.807) is 48.6 Å². The van der Waals surface area contributed by atoms with E-state index in [1.165, 1.54) is 26.8 Å². The van der Waals surface area contributed by atoms with E-state index in [4.69, 9.17) is 16.2 Å². The largest absolute Gasteiger partial charge is 0.458 e. The van der Waals surface area contributed by atoms with Crippen LogP contribution in [0, 0.1) is 23.7 Å². The molecule has 17 atom stereocenters. The van der Waals surface area contributed by atoms with Crippen molar-refractivity contribution in [2.45, 2.75) is 186 Å². The molecule has 2 aliphatic rings. The van der Waals surface area contributed by atoms with Crippen molar-refractivity contribution in [1.82, 2.24) is 63.8 Å². The van der Waals surface area contributed by atoms with Gasteiger partial charge in [0.15, 0.2) is 5.96 Å². The number of esters is 1. The zero-order valence-electron chi connectivity index (χ0n) is 51.9. The van der Waals surface area contributed by atoms with E-state index in [9.17, 15) is 67.7 Å². The predicted octanol–water partition coefficient (Wildman–Crippen LogP) is -4.48. The number of aliphatic imine (C=N–C) groups is 1. The number of nitrogens with one attached hydrogen (secondary N) is 12. The molecule has 490 valence electrons. The molecular weight excluding hydrogens is 1150 g/mol. The number of aliphatic hydroxyl groups excluding tert-OH is 2. The van der Waals surface area contributed by atoms with Crippen molar-refractivity contribution >= 4 is 76.9 Å². The van der Waals surface area contributed by atoms with Crippen molar-refractivity contribution in [3.05, 3.63) is 48.6 Å². The fraction of sp³-hybridized carbons (Fsp3) is 0.638. The third-order valence-electron chi connectivity index (χ3n) is 15.8. The molecule has 0 radical (unpaired) electrons. The molecule has 2 heterocycles. The van der Waals surface area contributed by atoms with Crippen LogP contribution in [0.5, 0.6) is 0 Å². The molecule has 88 heavy (non-hydrogen) atoms. The lowest BCUT2D eigenvalue weighted by Crippen LogP contribution is -2.63. The molecule has 1 fully saturated rings. The van der Waals surface area contributed by atoms with E-state index in [0.29, 0.717) is 19.3 Å². The van der Waals surface area contributed by atoms with Crippen LogP contribution in [0.3, 0.4) is 0 Å². The number of guanidine groups is 1. The van der Waals surface area contributed by atoms with Gasteiger partial charge in [0.1, 0.15) is 66.5 Å². The van der Waals surface area contributed by atoms with Crippen LogP contribution >= 0.6 is 0 Å². The topological polar surface area (TPSA) is 463 Å². The third kappa shape index (κ3) is 22.2. The van der Waals surface area contributed by atoms with Gasteiger partial charge in [0, 0.05) is 12.3 Å². The summed E-state index contributed by atoms with van der Waals surface area (Å²) in [4.78, 5) is 169. The number of nitrogens with two attached hydrogens (primary N) is 2. The molecule has 11 amide bonds. The normalized spacial score (nSPS) is 22.7. The monoisotopic (exact) mass is 1240 g/mol. The number of primary amides is 1. The zero-order chi connectivity index (χ0) is 66.1. The van der Waals surface area contributed by atoms with Crippen LogP contribution in [0.2, 0.25) is 0 Å². The summed E-state index contributed by atoms with van der Waals surface area (Å²) >= 11 is 0. The van der Waals surface area contributed by atoms with Gasteiger partial charge in [-0.05, 0) is 63.5 Å². The summed E-state index contributed by atoms with van der Waals surface area (Å²) in [5, 5.41) is 52.0. The molecule has 0 saturated carbocycles. The van der Waals surface area contributed by atoms with Gasteiger partial charge in [0.05, 0.1) is 31.8 Å². The van der Waals surface area contributed by atoms with Crippen LogP contribution in [0.1, 0.15) is 106 Å². The predicted molar refractivity (Wildman–Crippen MR) is 322 cm³/mol. The summed E-state index contributed by atoms with van der Waals surface area (Å²) in [5.41, 5.74) is 12.1. The van der Waals surface area contributed by atoms with Crippen molar-refractivity contribution < 1.29 is 72.5 Å². The molecular formula is C58H93N15O15. The highest BCUT2D eigenvalue weighted by molar-refractivity contribution is 6.00. The van der Waals surface area contributed by atoms with E-state index in [-0.39, 0.29) is 25.3 Å². The van der Waals surface area contributed by atoms with E-state index in [2.05, 4.69) is 75.4 Å². The average Bonchev–Trinajstić information content (AvgIpc) is 3.57. The smallest absolute Gasteiger partial charge is 0.329 e. The highest BCUT2D eigenvalue weighted by Gasteiger charge is 2.41. The number of carbonyl (C=O) groups is 12. The summed E-state index contributed by atoms with van der Waals surface area (Å²) < 4.78 is 5.72. The first kappa shape index (κ1) is 74.0. The minimum absolute atomic E-state index is 0.0142. The van der Waals surface area contributed by atoms with Crippen molar-refractivity contribution in [2.75, 3.05) is 26.8 Å². The van der Waals surface area contributed by atoms with Crippen LogP contribution in [-0.4, -0.2) is 193 Å². The molecule has 30 heteroatoms. The van der Waals surface area contributed by atoms with Gasteiger partial charge < -0.3 is 90.2 Å². The SMILES string of the molecule is C=C[C@H](C)[C@@H](NC(=O)[C@@H](CCC(N)=O)NC(=O)[C@H](CO)NC(=O)[C@@H](NC(=O)[C@@H](Cc1ccccc1)NC)[C@@H](C)CC)C(=O)N[C@H](C(=O)N[C@@H](CO)C(=O)N[C@H]1C(=O)N[C@@H](C)C(=O)N[C@@H](C[C@H]2CN=C(N)N2)C(=O)N[C@@H]([C@@H](C)CC)C(=O)O[C@H]1C)[C@@H](C)CC. The number of aliphatic hydroxyl groups is 2. The number of likely N-dealkylation sites (N-methyl/N-ethyl adjacent to an activating group) is 1. The maximum absolute atomic E-state index is 14.4. The molecule has 1 aromatic carbocycles. The Hall–Kier alpha value is -8.25. The Labute approximate surface area is 513 Å². The van der Waals surface area contributed by atoms with Crippen molar-refractivity contribution in [3.63, 3.8) is 0 Å². The summed E-state index contributed by atoms with van der Waals surface area (Å²) in [5.74, 6) is -13.6. The van der Waals surface area contributed by atoms with Gasteiger partial charge in [-0.15, -0.1) is 6.58 Å². The second-order valence-electron chi connectivity index (χ2n) is 22.5. The molecule has 0 aliphatic carbocycles. The van der Waals surface area contributed by atoms with E-state index in [0.717, 1.165) is 5.56 Å². The van der Waals surface area contributed by atoms with Gasteiger partial charge in [-0.2, -0.15) is 0 Å². The quantitative estimate of drug-likeness (QED) is 0.0239. The molecule has 2 aliphatic heterocycles. The first-order valence-electron chi connectivity index (χ1n) is 29.7. The lowest BCUT2D eigenvalue weighted by atomic mass is 9.95. The maximum atomic E-state index is 14.4. The number of cyclic esters (lactones) is 1. The standard InChI is InChI=1S/C58H93N15O15/c1-12-28(5)42(70-49(79)37(61-11)23-34-19-17-16-18-20-34)53(83)67-39(26-74)51(81)65-36(21-22-41(59)76)48(78)69-44(30(7)14-3)55(85)71-43(29(6)13-2)54(84)68-40(27-75)52(82)73-46-33(10)88-57(87)45(31(8)15-4)72-50(80)38(24-35-25-62-58(60)64-35)66-47(77)32(9)63-56(46)86/h14,16-20,28-33,35-40,42-46,61,74-75H,3,12-13,15,21-27H2,1-2,4-11H3,(H2,59,76)(H,63,86)(H,65,81)(H,66,77)(H,67,83)(H,68,84)(H,69,78)(H,70,79)(H,71,85)(H,72,80)(H,73,82)(H3,60,62,64)/t28-,29-,30-,31-,32-,33-,35-,36+,37+,38-,39-,40-,42-,43-,44+,45-,46+/m0/s1. The second kappa shape index (κ2) is 36.2. The van der Waals surface area contributed by atoms with Gasteiger partial charge >= 0.3 is 5.97 Å². The highest BCUT2D eigenvalue weighted by atomic mass is 16.5. The molecule has 1 saturated heterocycles.